The number of anilines is 1. The van der Waals surface area contributed by atoms with Gasteiger partial charge in [0.2, 0.25) is 5.78 Å². The van der Waals surface area contributed by atoms with Crippen molar-refractivity contribution in [3.63, 3.8) is 0 Å². The van der Waals surface area contributed by atoms with Gasteiger partial charge >= 0.3 is 12.1 Å². The average Bonchev–Trinajstić information content (AvgIpc) is 2.72. The number of rotatable bonds is 6. The van der Waals surface area contributed by atoms with Gasteiger partial charge in [-0.05, 0) is 42.3 Å². The zero-order chi connectivity index (χ0) is 22.8. The Morgan fingerprint density at radius 2 is 1.71 bits per heavy atom. The number of carboxylic acids is 1. The van der Waals surface area contributed by atoms with Crippen molar-refractivity contribution in [1.82, 2.24) is 4.98 Å². The van der Waals surface area contributed by atoms with Gasteiger partial charge < -0.3 is 9.83 Å². The minimum Gasteiger partial charge on any atom is -0.478 e. The molecular weight excluding hydrogens is 476 g/mol. The fraction of sp³-hybridized carbons (Fsp3) is 0.0500. The number of carboxylic acid groups (broad SMARTS) is 1. The molecule has 11 heteroatoms. The van der Waals surface area contributed by atoms with E-state index >= 15 is 0 Å². The molecule has 0 spiro atoms. The van der Waals surface area contributed by atoms with Crippen LogP contribution in [0.4, 0.5) is 18.9 Å². The Kier molecular flexibility index (Phi) is 6.78. The number of carbonyl (C=O) groups excluding carboxylic acids is 1. The van der Waals surface area contributed by atoms with Gasteiger partial charge in [0.1, 0.15) is 5.69 Å². The van der Waals surface area contributed by atoms with Crippen molar-refractivity contribution >= 4 is 52.6 Å². The van der Waals surface area contributed by atoms with Crippen molar-refractivity contribution in [2.75, 3.05) is 4.72 Å². The largest absolute Gasteiger partial charge is 0.478 e. The standard InChI is InChI=1S/C20H11Cl2F3N2O3S/c21-10-7-16(27-31-11-5-6-15(22)14(8-11)20(23,24)25)17(26-9-10)18(28)12-3-1-2-4-13(12)19(29)30/h1-9,27H,(H,29,30). The number of benzene rings is 2. The lowest BCUT2D eigenvalue weighted by Crippen LogP contribution is -2.12. The third kappa shape index (κ3) is 5.30. The molecule has 0 aliphatic rings. The smallest absolute Gasteiger partial charge is 0.417 e. The van der Waals surface area contributed by atoms with E-state index in [1.54, 1.807) is 0 Å². The molecular formula is C20H11Cl2F3N2O3S. The molecule has 0 unspecified atom stereocenters. The van der Waals surface area contributed by atoms with E-state index in [9.17, 15) is 27.9 Å². The second-order valence-corrected chi connectivity index (χ2v) is 7.80. The van der Waals surface area contributed by atoms with Crippen LogP contribution in [0, 0.1) is 0 Å². The Morgan fingerprint density at radius 3 is 2.35 bits per heavy atom. The number of aromatic nitrogens is 1. The van der Waals surface area contributed by atoms with E-state index in [1.165, 1.54) is 42.6 Å². The fourth-order valence-corrected chi connectivity index (χ4v) is 3.67. The van der Waals surface area contributed by atoms with E-state index in [-0.39, 0.29) is 32.4 Å². The van der Waals surface area contributed by atoms with Crippen LogP contribution in [0.2, 0.25) is 10.0 Å². The minimum absolute atomic E-state index is 0.0938. The molecule has 0 fully saturated rings. The zero-order valence-corrected chi connectivity index (χ0v) is 17.5. The van der Waals surface area contributed by atoms with Gasteiger partial charge in [-0.3, -0.25) is 4.79 Å². The number of hydrogen-bond donors (Lipinski definition) is 2. The molecule has 2 aromatic carbocycles. The molecule has 0 atom stereocenters. The summed E-state index contributed by atoms with van der Waals surface area (Å²) in [6.07, 6.45) is -3.43. The van der Waals surface area contributed by atoms with Crippen LogP contribution in [0.15, 0.2) is 59.6 Å². The minimum atomic E-state index is -4.63. The number of carbonyl (C=O) groups is 2. The lowest BCUT2D eigenvalue weighted by Gasteiger charge is -2.13. The molecule has 1 heterocycles. The number of hydrogen-bond acceptors (Lipinski definition) is 5. The van der Waals surface area contributed by atoms with Crippen molar-refractivity contribution in [3.05, 3.63) is 87.2 Å². The lowest BCUT2D eigenvalue weighted by molar-refractivity contribution is -0.137. The Balaban J connectivity index is 1.94. The second-order valence-electron chi connectivity index (χ2n) is 6.07. The zero-order valence-electron chi connectivity index (χ0n) is 15.2. The van der Waals surface area contributed by atoms with Gasteiger partial charge in [-0.2, -0.15) is 13.2 Å². The van der Waals surface area contributed by atoms with Gasteiger partial charge in [-0.15, -0.1) is 0 Å². The van der Waals surface area contributed by atoms with Gasteiger partial charge in [0.25, 0.3) is 0 Å². The Labute approximate surface area is 188 Å². The van der Waals surface area contributed by atoms with Crippen molar-refractivity contribution in [2.24, 2.45) is 0 Å². The summed E-state index contributed by atoms with van der Waals surface area (Å²) in [7, 11) is 0. The van der Waals surface area contributed by atoms with Crippen LogP contribution in [0.5, 0.6) is 0 Å². The van der Waals surface area contributed by atoms with Crippen molar-refractivity contribution in [1.29, 1.82) is 0 Å². The van der Waals surface area contributed by atoms with E-state index in [0.29, 0.717) is 0 Å². The summed E-state index contributed by atoms with van der Waals surface area (Å²) in [6.45, 7) is 0. The number of halogens is 5. The van der Waals surface area contributed by atoms with Gasteiger partial charge in [0.05, 0.1) is 26.9 Å². The molecule has 0 saturated carbocycles. The first kappa shape index (κ1) is 22.9. The molecule has 0 aliphatic carbocycles. The van der Waals surface area contributed by atoms with E-state index in [1.807, 2.05) is 0 Å². The third-order valence-corrected chi connectivity index (χ3v) is 5.34. The lowest BCUT2D eigenvalue weighted by atomic mass is 10.0. The number of alkyl halides is 3. The number of aromatic carboxylic acids is 1. The van der Waals surface area contributed by atoms with Crippen LogP contribution in [0.3, 0.4) is 0 Å². The Morgan fingerprint density at radius 1 is 1.03 bits per heavy atom. The topological polar surface area (TPSA) is 79.3 Å². The summed E-state index contributed by atoms with van der Waals surface area (Å²) in [5.41, 5.74) is -1.35. The predicted molar refractivity (Wildman–Crippen MR) is 112 cm³/mol. The van der Waals surface area contributed by atoms with Gasteiger partial charge in [-0.1, -0.05) is 41.4 Å². The number of nitrogens with one attached hydrogen (secondary N) is 1. The van der Waals surface area contributed by atoms with E-state index in [0.717, 1.165) is 24.1 Å². The highest BCUT2D eigenvalue weighted by atomic mass is 35.5. The third-order valence-electron chi connectivity index (χ3n) is 3.99. The van der Waals surface area contributed by atoms with Crippen molar-refractivity contribution in [3.8, 4) is 0 Å². The maximum absolute atomic E-state index is 13.1. The summed E-state index contributed by atoms with van der Waals surface area (Å²) in [4.78, 5) is 28.5. The molecule has 0 radical (unpaired) electrons. The van der Waals surface area contributed by atoms with E-state index < -0.39 is 28.5 Å². The normalized spacial score (nSPS) is 11.3. The average molecular weight is 487 g/mol. The van der Waals surface area contributed by atoms with Crippen LogP contribution in [0.25, 0.3) is 0 Å². The monoisotopic (exact) mass is 486 g/mol. The molecule has 3 rings (SSSR count). The van der Waals surface area contributed by atoms with Crippen LogP contribution < -0.4 is 4.72 Å². The van der Waals surface area contributed by atoms with Gasteiger partial charge in [-0.25, -0.2) is 9.78 Å². The van der Waals surface area contributed by atoms with Gasteiger partial charge in [0.15, 0.2) is 0 Å². The summed E-state index contributed by atoms with van der Waals surface area (Å²) < 4.78 is 42.0. The SMILES string of the molecule is O=C(O)c1ccccc1C(=O)c1ncc(Cl)cc1NSc1ccc(Cl)c(C(F)(F)F)c1. The first-order valence-electron chi connectivity index (χ1n) is 8.40. The molecule has 31 heavy (non-hydrogen) atoms. The van der Waals surface area contributed by atoms with Crippen LogP contribution in [0.1, 0.15) is 32.0 Å². The van der Waals surface area contributed by atoms with E-state index in [2.05, 4.69) is 9.71 Å². The van der Waals surface area contributed by atoms with Crippen LogP contribution in [-0.4, -0.2) is 21.8 Å². The first-order valence-corrected chi connectivity index (χ1v) is 9.97. The molecule has 2 N–H and O–H groups in total. The van der Waals surface area contributed by atoms with Crippen LogP contribution in [-0.2, 0) is 6.18 Å². The Bertz CT molecular complexity index is 1170. The molecule has 1 aromatic heterocycles. The van der Waals surface area contributed by atoms with Crippen molar-refractivity contribution in [2.45, 2.75) is 11.1 Å². The summed E-state index contributed by atoms with van der Waals surface area (Å²) in [5.74, 6) is -1.98. The molecule has 0 saturated heterocycles. The number of nitrogens with zero attached hydrogens (tertiary/aromatic N) is 1. The maximum Gasteiger partial charge on any atom is 0.417 e. The second kappa shape index (κ2) is 9.17. The van der Waals surface area contributed by atoms with E-state index in [4.69, 9.17) is 23.2 Å². The molecule has 0 amide bonds. The maximum atomic E-state index is 13.1. The molecule has 160 valence electrons. The highest BCUT2D eigenvalue weighted by Crippen LogP contribution is 2.37. The fourth-order valence-electron chi connectivity index (χ4n) is 2.59. The number of ketones is 1. The molecule has 0 bridgehead atoms. The predicted octanol–water partition coefficient (Wildman–Crippen LogP) is 6.46. The quantitative estimate of drug-likeness (QED) is 0.307. The summed E-state index contributed by atoms with van der Waals surface area (Å²) in [5, 5.41) is 9.05. The first-order chi connectivity index (χ1) is 14.6. The van der Waals surface area contributed by atoms with Crippen molar-refractivity contribution < 1.29 is 27.9 Å². The molecule has 3 aromatic rings. The molecule has 5 nitrogen and oxygen atoms in total. The highest BCUT2D eigenvalue weighted by molar-refractivity contribution is 8.00. The molecule has 0 aliphatic heterocycles. The van der Waals surface area contributed by atoms with Gasteiger partial charge in [0, 0.05) is 16.7 Å². The number of pyridine rings is 1. The Hall–Kier alpha value is -2.75. The van der Waals surface area contributed by atoms with Crippen LogP contribution >= 0.6 is 35.1 Å². The summed E-state index contributed by atoms with van der Waals surface area (Å²) in [6, 6.07) is 10.3. The summed E-state index contributed by atoms with van der Waals surface area (Å²) >= 11 is 12.4. The highest BCUT2D eigenvalue weighted by Gasteiger charge is 2.33.